The lowest BCUT2D eigenvalue weighted by molar-refractivity contribution is 0.715. The van der Waals surface area contributed by atoms with E-state index in [0.717, 1.165) is 44.8 Å². The van der Waals surface area contributed by atoms with E-state index >= 15 is 0 Å². The molecule has 0 fully saturated rings. The fourth-order valence-corrected chi connectivity index (χ4v) is 4.79. The molecule has 2 aliphatic rings. The van der Waals surface area contributed by atoms with Gasteiger partial charge in [-0.3, -0.25) is 0 Å². The molecule has 198 valence electrons. The molecule has 0 N–H and O–H groups in total. The van der Waals surface area contributed by atoms with Crippen molar-refractivity contribution in [3.05, 3.63) is 186 Å². The number of hydrogen-bond donors (Lipinski definition) is 0. The molecule has 0 atom stereocenters. The summed E-state index contributed by atoms with van der Waals surface area (Å²) in [5.41, 5.74) is 7.17. The van der Waals surface area contributed by atoms with Crippen LogP contribution in [0.5, 0.6) is 0 Å². The van der Waals surface area contributed by atoms with Gasteiger partial charge in [0.05, 0.1) is 29.1 Å². The van der Waals surface area contributed by atoms with Crippen LogP contribution in [0, 0.1) is 34.0 Å². The summed E-state index contributed by atoms with van der Waals surface area (Å²) in [6, 6.07) is 36.0. The Balaban J connectivity index is 1.54. The molecule has 2 aliphatic heterocycles. The fourth-order valence-electron chi connectivity index (χ4n) is 4.79. The minimum Gasteiger partial charge on any atom is -0.323 e. The van der Waals surface area contributed by atoms with Crippen LogP contribution in [0.2, 0.25) is 0 Å². The van der Waals surface area contributed by atoms with Crippen LogP contribution in [0.25, 0.3) is 17.0 Å². The first-order chi connectivity index (χ1) is 20.7. The van der Waals surface area contributed by atoms with Crippen molar-refractivity contribution < 1.29 is 0 Å². The van der Waals surface area contributed by atoms with Crippen molar-refractivity contribution in [2.45, 2.75) is 0 Å². The van der Waals surface area contributed by atoms with Crippen molar-refractivity contribution in [1.82, 2.24) is 9.80 Å². The Labute approximate surface area is 246 Å². The molecule has 3 aromatic carbocycles. The minimum atomic E-state index is 0.521. The first-order valence-corrected chi connectivity index (χ1v) is 13.3. The van der Waals surface area contributed by atoms with Gasteiger partial charge in [-0.25, -0.2) is 0 Å². The van der Waals surface area contributed by atoms with Gasteiger partial charge in [0.1, 0.15) is 6.07 Å². The topological polar surface area (TPSA) is 77.8 Å². The predicted molar refractivity (Wildman–Crippen MR) is 166 cm³/mol. The molecule has 5 nitrogen and oxygen atoms in total. The Morgan fingerprint density at radius 1 is 0.500 bits per heavy atom. The molecule has 0 spiro atoms. The maximum atomic E-state index is 10.5. The van der Waals surface area contributed by atoms with E-state index in [2.05, 4.69) is 18.2 Å². The van der Waals surface area contributed by atoms with E-state index in [1.807, 2.05) is 150 Å². The highest BCUT2D eigenvalue weighted by molar-refractivity contribution is 5.90. The highest BCUT2D eigenvalue weighted by atomic mass is 15.1. The smallest absolute Gasteiger partial charge is 0.100 e. The fraction of sp³-hybridized carbons (Fsp3) is 0. The summed E-state index contributed by atoms with van der Waals surface area (Å²) in [4.78, 5) is 3.77. The summed E-state index contributed by atoms with van der Waals surface area (Å²) >= 11 is 0. The quantitative estimate of drug-likeness (QED) is 0.296. The normalized spacial score (nSPS) is 14.3. The van der Waals surface area contributed by atoms with Crippen LogP contribution in [-0.4, -0.2) is 9.80 Å². The summed E-state index contributed by atoms with van der Waals surface area (Å²) in [6.45, 7) is 0. The zero-order valence-electron chi connectivity index (χ0n) is 22.7. The SMILES string of the molecule is N#C/C=C(\c1ccccc1)N1C=CC(=C(C#N)C(=C2C=CN(/C(=C/C#N)c3ccccc3)C=C2)c2ccccc2)C=C1. The molecule has 0 amide bonds. The van der Waals surface area contributed by atoms with Gasteiger partial charge >= 0.3 is 0 Å². The lowest BCUT2D eigenvalue weighted by Gasteiger charge is -2.24. The van der Waals surface area contributed by atoms with Crippen LogP contribution in [0.4, 0.5) is 0 Å². The molecule has 0 saturated heterocycles. The number of nitrogens with zero attached hydrogens (tertiary/aromatic N) is 5. The van der Waals surface area contributed by atoms with E-state index in [-0.39, 0.29) is 0 Å². The summed E-state index contributed by atoms with van der Waals surface area (Å²) < 4.78 is 0. The Morgan fingerprint density at radius 2 is 0.881 bits per heavy atom. The Bertz CT molecular complexity index is 1800. The summed E-state index contributed by atoms with van der Waals surface area (Å²) in [6.07, 6.45) is 18.3. The molecule has 0 aliphatic carbocycles. The third-order valence-corrected chi connectivity index (χ3v) is 6.76. The third kappa shape index (κ3) is 5.95. The molecule has 0 radical (unpaired) electrons. The van der Waals surface area contributed by atoms with Gasteiger partial charge in [0.2, 0.25) is 0 Å². The Morgan fingerprint density at radius 3 is 1.26 bits per heavy atom. The van der Waals surface area contributed by atoms with Crippen LogP contribution in [-0.2, 0) is 0 Å². The average molecular weight is 540 g/mol. The number of benzene rings is 3. The van der Waals surface area contributed by atoms with E-state index in [4.69, 9.17) is 0 Å². The van der Waals surface area contributed by atoms with Gasteiger partial charge in [0, 0.05) is 42.5 Å². The molecule has 5 rings (SSSR count). The standard InChI is InChI=1S/C37H25N5/c38-22-16-35(30-10-4-1-5-11-30)41-24-18-29(19-25-41)34(28-40)37(32-14-8-3-9-15-32)33-20-26-42(27-21-33)36(17-23-39)31-12-6-2-7-13-31/h1-21,24-27H/b35-16+,36-17+. The average Bonchev–Trinajstić information content (AvgIpc) is 3.06. The number of allylic oxidation sites excluding steroid dienone is 10. The predicted octanol–water partition coefficient (Wildman–Crippen LogP) is 8.08. The highest BCUT2D eigenvalue weighted by Gasteiger charge is 2.19. The van der Waals surface area contributed by atoms with Crippen molar-refractivity contribution in [3.63, 3.8) is 0 Å². The molecular weight excluding hydrogens is 514 g/mol. The van der Waals surface area contributed by atoms with E-state index < -0.39 is 0 Å². The van der Waals surface area contributed by atoms with Crippen LogP contribution in [0.15, 0.2) is 169 Å². The molecule has 3 aromatic rings. The summed E-state index contributed by atoms with van der Waals surface area (Å²) in [5, 5.41) is 29.3. The van der Waals surface area contributed by atoms with Crippen LogP contribution < -0.4 is 0 Å². The number of rotatable bonds is 6. The zero-order chi connectivity index (χ0) is 29.1. The lowest BCUT2D eigenvalue weighted by atomic mass is 9.89. The molecular formula is C37H25N5. The maximum absolute atomic E-state index is 10.5. The minimum absolute atomic E-state index is 0.521. The molecule has 0 aromatic heterocycles. The molecule has 0 bridgehead atoms. The van der Waals surface area contributed by atoms with Crippen LogP contribution in [0.1, 0.15) is 16.7 Å². The van der Waals surface area contributed by atoms with E-state index in [9.17, 15) is 15.8 Å². The Hall–Kier alpha value is -6.35. The first kappa shape index (κ1) is 27.2. The highest BCUT2D eigenvalue weighted by Crippen LogP contribution is 2.35. The molecule has 0 saturated carbocycles. The zero-order valence-corrected chi connectivity index (χ0v) is 22.7. The summed E-state index contributed by atoms with van der Waals surface area (Å²) in [7, 11) is 0. The second-order valence-electron chi connectivity index (χ2n) is 9.27. The van der Waals surface area contributed by atoms with Gasteiger partial charge in [-0.15, -0.1) is 0 Å². The van der Waals surface area contributed by atoms with Gasteiger partial charge in [0.15, 0.2) is 0 Å². The van der Waals surface area contributed by atoms with Crippen molar-refractivity contribution in [2.75, 3.05) is 0 Å². The van der Waals surface area contributed by atoms with Crippen molar-refractivity contribution in [1.29, 1.82) is 15.8 Å². The molecule has 2 heterocycles. The van der Waals surface area contributed by atoms with Gasteiger partial charge in [0.25, 0.3) is 0 Å². The van der Waals surface area contributed by atoms with Gasteiger partial charge in [-0.05, 0) is 52.1 Å². The van der Waals surface area contributed by atoms with Crippen molar-refractivity contribution in [2.24, 2.45) is 0 Å². The van der Waals surface area contributed by atoms with Crippen LogP contribution in [0.3, 0.4) is 0 Å². The van der Waals surface area contributed by atoms with Gasteiger partial charge in [-0.1, -0.05) is 91.0 Å². The summed E-state index contributed by atoms with van der Waals surface area (Å²) in [5.74, 6) is 0. The molecule has 42 heavy (non-hydrogen) atoms. The first-order valence-electron chi connectivity index (χ1n) is 13.3. The second kappa shape index (κ2) is 13.1. The van der Waals surface area contributed by atoms with E-state index in [1.54, 1.807) is 0 Å². The van der Waals surface area contributed by atoms with E-state index in [0.29, 0.717) is 5.57 Å². The van der Waals surface area contributed by atoms with Gasteiger partial charge < -0.3 is 9.80 Å². The second-order valence-corrected chi connectivity index (χ2v) is 9.27. The van der Waals surface area contributed by atoms with Crippen molar-refractivity contribution in [3.8, 4) is 18.2 Å². The largest absolute Gasteiger partial charge is 0.323 e. The van der Waals surface area contributed by atoms with E-state index in [1.165, 1.54) is 12.2 Å². The molecule has 5 heteroatoms. The van der Waals surface area contributed by atoms with Crippen molar-refractivity contribution >= 4 is 17.0 Å². The number of nitriles is 3. The monoisotopic (exact) mass is 539 g/mol. The molecule has 0 unspecified atom stereocenters. The Kier molecular flexibility index (Phi) is 8.52. The maximum Gasteiger partial charge on any atom is 0.100 e. The van der Waals surface area contributed by atoms with Crippen LogP contribution >= 0.6 is 0 Å². The number of hydrogen-bond acceptors (Lipinski definition) is 5. The van der Waals surface area contributed by atoms with Gasteiger partial charge in [-0.2, -0.15) is 15.8 Å². The third-order valence-electron chi connectivity index (χ3n) is 6.76. The lowest BCUT2D eigenvalue weighted by Crippen LogP contribution is -2.12.